The summed E-state index contributed by atoms with van der Waals surface area (Å²) in [4.78, 5) is 8.96. The number of anilines is 1. The molecule has 1 saturated heterocycles. The van der Waals surface area contributed by atoms with Crippen LogP contribution in [0.1, 0.15) is 68.8 Å². The highest BCUT2D eigenvalue weighted by Crippen LogP contribution is 2.64. The second-order valence-corrected chi connectivity index (χ2v) is 12.1. The summed E-state index contributed by atoms with van der Waals surface area (Å²) < 4.78 is 14.7. The monoisotopic (exact) mass is 486 g/mol. The number of likely N-dealkylation sites (tertiary alicyclic amines) is 1. The zero-order valence-corrected chi connectivity index (χ0v) is 21.6. The fourth-order valence-electron chi connectivity index (χ4n) is 7.80. The highest BCUT2D eigenvalue weighted by molar-refractivity contribution is 5.85. The number of alkyl halides is 1. The molecule has 2 aromatic carbocycles. The van der Waals surface area contributed by atoms with E-state index >= 15 is 0 Å². The Kier molecular flexibility index (Phi) is 5.44. The molecule has 3 saturated carbocycles. The maximum atomic E-state index is 14.7. The maximum absolute atomic E-state index is 14.7. The number of aromatic amines is 1. The third-order valence-corrected chi connectivity index (χ3v) is 9.66. The third-order valence-electron chi connectivity index (χ3n) is 9.66. The summed E-state index contributed by atoms with van der Waals surface area (Å²) in [6, 6.07) is 18.4. The Balaban J connectivity index is 1.18. The van der Waals surface area contributed by atoms with Gasteiger partial charge in [0, 0.05) is 47.0 Å². The second-order valence-electron chi connectivity index (χ2n) is 12.1. The van der Waals surface area contributed by atoms with E-state index in [4.69, 9.17) is 0 Å². The number of hydrogen-bond donors (Lipinski definition) is 2. The zero-order chi connectivity index (χ0) is 24.4. The van der Waals surface area contributed by atoms with Gasteiger partial charge in [0.1, 0.15) is 6.17 Å². The van der Waals surface area contributed by atoms with Gasteiger partial charge in [-0.25, -0.2) is 4.39 Å². The number of aromatic nitrogens is 1. The van der Waals surface area contributed by atoms with E-state index in [0.717, 1.165) is 44.0 Å². The number of halogens is 1. The van der Waals surface area contributed by atoms with Gasteiger partial charge in [-0.2, -0.15) is 0 Å². The first-order valence-corrected chi connectivity index (χ1v) is 14.2. The van der Waals surface area contributed by atoms with E-state index in [1.54, 1.807) is 0 Å². The molecule has 190 valence electrons. The SMILES string of the molecule is CCCCN1CC(F)C(Nc2ccc([C@@H]3c4[nH]c5ccccc5c4C[C@@H](C)N3C34CC(C3)C4)cc2)C1. The summed E-state index contributed by atoms with van der Waals surface area (Å²) >= 11 is 0. The predicted molar refractivity (Wildman–Crippen MR) is 145 cm³/mol. The van der Waals surface area contributed by atoms with E-state index in [1.807, 2.05) is 0 Å². The Bertz CT molecular complexity index is 1230. The lowest BCUT2D eigenvalue weighted by Gasteiger charge is -2.70. The number of unbranched alkanes of at least 4 members (excludes halogenated alkanes) is 1. The lowest BCUT2D eigenvalue weighted by atomic mass is 9.48. The van der Waals surface area contributed by atoms with Crippen molar-refractivity contribution in [3.05, 3.63) is 65.4 Å². The molecule has 5 heteroatoms. The minimum atomic E-state index is -0.811. The number of H-pyrrole nitrogens is 1. The Labute approximate surface area is 214 Å². The summed E-state index contributed by atoms with van der Waals surface area (Å²) in [5, 5.41) is 4.89. The topological polar surface area (TPSA) is 34.3 Å². The van der Waals surface area contributed by atoms with Crippen LogP contribution in [-0.2, 0) is 6.42 Å². The molecular weight excluding hydrogens is 447 g/mol. The third kappa shape index (κ3) is 3.53. The van der Waals surface area contributed by atoms with Crippen molar-refractivity contribution in [2.75, 3.05) is 25.0 Å². The smallest absolute Gasteiger partial charge is 0.134 e. The summed E-state index contributed by atoms with van der Waals surface area (Å²) in [5.41, 5.74) is 6.88. The highest BCUT2D eigenvalue weighted by atomic mass is 19.1. The molecule has 2 aliphatic heterocycles. The molecule has 0 radical (unpaired) electrons. The molecule has 4 atom stereocenters. The molecule has 0 spiro atoms. The average molecular weight is 487 g/mol. The zero-order valence-electron chi connectivity index (χ0n) is 21.6. The van der Waals surface area contributed by atoms with Crippen LogP contribution >= 0.6 is 0 Å². The summed E-state index contributed by atoms with van der Waals surface area (Å²) in [6.45, 7) is 6.97. The van der Waals surface area contributed by atoms with Crippen LogP contribution in [0.25, 0.3) is 10.9 Å². The van der Waals surface area contributed by atoms with E-state index in [-0.39, 0.29) is 12.1 Å². The van der Waals surface area contributed by atoms with Crippen LogP contribution in [0, 0.1) is 5.92 Å². The van der Waals surface area contributed by atoms with Crippen molar-refractivity contribution >= 4 is 16.6 Å². The van der Waals surface area contributed by atoms with E-state index < -0.39 is 6.17 Å². The van der Waals surface area contributed by atoms with Crippen LogP contribution in [0.4, 0.5) is 10.1 Å². The van der Waals surface area contributed by atoms with E-state index in [2.05, 4.69) is 82.5 Å². The summed E-state index contributed by atoms with van der Waals surface area (Å²) in [5.74, 6) is 0.950. The quantitative estimate of drug-likeness (QED) is 0.412. The number of para-hydroxylation sites is 1. The van der Waals surface area contributed by atoms with Crippen LogP contribution in [0.15, 0.2) is 48.5 Å². The molecule has 4 nitrogen and oxygen atoms in total. The Morgan fingerprint density at radius 2 is 1.83 bits per heavy atom. The minimum absolute atomic E-state index is 0.125. The lowest BCUT2D eigenvalue weighted by molar-refractivity contribution is -0.174. The fraction of sp³-hybridized carbons (Fsp3) is 0.548. The Hall–Kier alpha value is -2.37. The Morgan fingerprint density at radius 1 is 1.06 bits per heavy atom. The molecule has 2 bridgehead atoms. The minimum Gasteiger partial charge on any atom is -0.378 e. The molecule has 4 fully saturated rings. The largest absolute Gasteiger partial charge is 0.378 e. The standard InChI is InChI=1S/C31H39FN4/c1-3-4-13-35-18-26(32)28(19-35)33-23-11-9-22(10-12-23)30-29-25(24-7-5-6-8-27(24)34-29)14-20(2)36(30)31-15-21(16-31)17-31/h5-12,20-21,26,28,30,33-34H,3-4,13-19H2,1-2H3/t20-,21?,26?,28?,30-,31?/m1/s1. The molecular formula is C31H39FN4. The predicted octanol–water partition coefficient (Wildman–Crippen LogP) is 6.29. The maximum Gasteiger partial charge on any atom is 0.134 e. The second kappa shape index (κ2) is 8.59. The van der Waals surface area contributed by atoms with Crippen molar-refractivity contribution < 1.29 is 4.39 Å². The summed E-state index contributed by atoms with van der Waals surface area (Å²) in [7, 11) is 0. The molecule has 3 heterocycles. The molecule has 5 aliphatic rings. The van der Waals surface area contributed by atoms with Crippen molar-refractivity contribution in [3.8, 4) is 0 Å². The summed E-state index contributed by atoms with van der Waals surface area (Å²) in [6.07, 6.45) is 6.67. The van der Waals surface area contributed by atoms with Crippen molar-refractivity contribution in [3.63, 3.8) is 0 Å². The number of rotatable bonds is 7. The van der Waals surface area contributed by atoms with Crippen molar-refractivity contribution in [1.82, 2.24) is 14.8 Å². The first-order chi connectivity index (χ1) is 17.5. The van der Waals surface area contributed by atoms with Gasteiger partial charge in [-0.3, -0.25) is 9.80 Å². The molecule has 3 aromatic rings. The number of nitrogens with zero attached hydrogens (tertiary/aromatic N) is 2. The van der Waals surface area contributed by atoms with Crippen LogP contribution in [-0.4, -0.2) is 58.2 Å². The van der Waals surface area contributed by atoms with Gasteiger partial charge in [0.15, 0.2) is 0 Å². The number of nitrogens with one attached hydrogen (secondary N) is 2. The van der Waals surface area contributed by atoms with E-state index in [9.17, 15) is 4.39 Å². The number of fused-ring (bicyclic) bond motifs is 3. The van der Waals surface area contributed by atoms with Crippen molar-refractivity contribution in [2.24, 2.45) is 5.92 Å². The molecule has 8 rings (SSSR count). The first kappa shape index (κ1) is 22.8. The van der Waals surface area contributed by atoms with Gasteiger partial charge < -0.3 is 10.3 Å². The van der Waals surface area contributed by atoms with Crippen LogP contribution in [0.2, 0.25) is 0 Å². The van der Waals surface area contributed by atoms with Crippen molar-refractivity contribution in [1.29, 1.82) is 0 Å². The van der Waals surface area contributed by atoms with Gasteiger partial charge in [0.05, 0.1) is 12.1 Å². The molecule has 2 N–H and O–H groups in total. The number of hydrogen-bond acceptors (Lipinski definition) is 3. The highest BCUT2D eigenvalue weighted by Gasteiger charge is 2.63. The van der Waals surface area contributed by atoms with Crippen LogP contribution in [0.3, 0.4) is 0 Å². The molecule has 36 heavy (non-hydrogen) atoms. The van der Waals surface area contributed by atoms with Gasteiger partial charge in [0.25, 0.3) is 0 Å². The molecule has 0 amide bonds. The van der Waals surface area contributed by atoms with E-state index in [1.165, 1.54) is 47.0 Å². The normalized spacial score (nSPS) is 33.8. The van der Waals surface area contributed by atoms with Gasteiger partial charge in [-0.1, -0.05) is 43.7 Å². The Morgan fingerprint density at radius 3 is 2.56 bits per heavy atom. The van der Waals surface area contributed by atoms with Crippen LogP contribution < -0.4 is 5.32 Å². The lowest BCUT2D eigenvalue weighted by Crippen LogP contribution is -2.71. The van der Waals surface area contributed by atoms with Crippen molar-refractivity contribution in [2.45, 2.75) is 82.2 Å². The molecule has 2 unspecified atom stereocenters. The average Bonchev–Trinajstić information content (AvgIpc) is 3.36. The van der Waals surface area contributed by atoms with Gasteiger partial charge >= 0.3 is 0 Å². The molecule has 3 aliphatic carbocycles. The van der Waals surface area contributed by atoms with E-state index in [0.29, 0.717) is 18.1 Å². The fourth-order valence-corrected chi connectivity index (χ4v) is 7.80. The van der Waals surface area contributed by atoms with Gasteiger partial charge in [0.2, 0.25) is 0 Å². The number of benzene rings is 2. The van der Waals surface area contributed by atoms with Crippen LogP contribution in [0.5, 0.6) is 0 Å². The van der Waals surface area contributed by atoms with Gasteiger partial charge in [-0.05, 0) is 80.8 Å². The molecule has 1 aromatic heterocycles. The first-order valence-electron chi connectivity index (χ1n) is 14.2. The van der Waals surface area contributed by atoms with Gasteiger partial charge in [-0.15, -0.1) is 0 Å².